The molecule has 3 aliphatic heterocycles. The lowest BCUT2D eigenvalue weighted by atomic mass is 9.84. The van der Waals surface area contributed by atoms with Crippen molar-refractivity contribution in [2.45, 2.75) is 84.5 Å². The van der Waals surface area contributed by atoms with Crippen molar-refractivity contribution in [3.8, 4) is 40.1 Å². The van der Waals surface area contributed by atoms with Crippen LogP contribution in [0.2, 0.25) is 0 Å². The molecule has 4 aromatic heterocycles. The Morgan fingerprint density at radius 2 is 2.00 bits per heavy atom. The summed E-state index contributed by atoms with van der Waals surface area (Å²) in [6.45, 7) is 11.3. The van der Waals surface area contributed by atoms with Crippen molar-refractivity contribution in [1.29, 1.82) is 0 Å². The van der Waals surface area contributed by atoms with Crippen LogP contribution < -0.4 is 15.5 Å². The Labute approximate surface area is 348 Å². The summed E-state index contributed by atoms with van der Waals surface area (Å²) in [4.78, 5) is 37.6. The largest absolute Gasteiger partial charge is 0.489 e. The molecule has 2 N–H and O–H groups in total. The number of pyridine rings is 1. The SMILES string of the molecule is CO[C@@H](C)c1ncc(C#Cc2cnn(C)c2)cc1-c1c2c3cc(cc4c3n1CCO4)-c1csc(n1)C[C@H](NC(=O)[C@H]1C[C@@H]1C)C(=O)N1CCC[C@@H](COCC(C)(C)C2)N1. The van der Waals surface area contributed by atoms with Crippen LogP contribution in [0.25, 0.3) is 33.4 Å². The average molecular weight is 817 g/mol. The number of hydrogen-bond acceptors (Lipinski definition) is 10. The molecule has 9 rings (SSSR count). The fourth-order valence-corrected chi connectivity index (χ4v) is 9.60. The van der Waals surface area contributed by atoms with Crippen molar-refractivity contribution in [2.75, 3.05) is 33.5 Å². The first-order valence-electron chi connectivity index (χ1n) is 20.7. The maximum atomic E-state index is 14.2. The summed E-state index contributed by atoms with van der Waals surface area (Å²) in [6.07, 6.45) is 8.78. The summed E-state index contributed by atoms with van der Waals surface area (Å²) in [7, 11) is 3.60. The number of carbonyl (C=O) groups is 2. The van der Waals surface area contributed by atoms with E-state index >= 15 is 0 Å². The van der Waals surface area contributed by atoms with Crippen LogP contribution in [-0.2, 0) is 45.5 Å². The third-order valence-corrected chi connectivity index (χ3v) is 12.9. The molecule has 14 heteroatoms. The van der Waals surface area contributed by atoms with E-state index in [9.17, 15) is 9.59 Å². The smallest absolute Gasteiger partial charge is 0.259 e. The highest BCUT2D eigenvalue weighted by Crippen LogP contribution is 2.46. The van der Waals surface area contributed by atoms with Gasteiger partial charge in [0.2, 0.25) is 5.91 Å². The zero-order valence-corrected chi connectivity index (χ0v) is 35.4. The van der Waals surface area contributed by atoms with E-state index in [0.29, 0.717) is 51.7 Å². The molecule has 7 heterocycles. The molecule has 0 spiro atoms. The van der Waals surface area contributed by atoms with Crippen LogP contribution in [0, 0.1) is 29.1 Å². The normalized spacial score (nSPS) is 23.2. The second-order valence-electron chi connectivity index (χ2n) is 17.4. The monoisotopic (exact) mass is 816 g/mol. The quantitative estimate of drug-likeness (QED) is 0.210. The Morgan fingerprint density at radius 3 is 2.78 bits per heavy atom. The molecular weight excluding hydrogens is 765 g/mol. The number of hydrazine groups is 1. The highest BCUT2D eigenvalue weighted by Gasteiger charge is 2.41. The number of nitrogens with one attached hydrogen (secondary N) is 2. The van der Waals surface area contributed by atoms with Crippen LogP contribution in [0.3, 0.4) is 0 Å². The van der Waals surface area contributed by atoms with Gasteiger partial charge in [0.25, 0.3) is 5.91 Å². The van der Waals surface area contributed by atoms with Gasteiger partial charge in [-0.15, -0.1) is 11.3 Å². The predicted molar refractivity (Wildman–Crippen MR) is 225 cm³/mol. The number of nitrogens with zero attached hydrogens (tertiary/aromatic N) is 6. The van der Waals surface area contributed by atoms with Crippen LogP contribution in [0.4, 0.5) is 0 Å². The predicted octanol–water partition coefficient (Wildman–Crippen LogP) is 5.84. The minimum Gasteiger partial charge on any atom is -0.489 e. The molecule has 1 saturated heterocycles. The minimum atomic E-state index is -0.739. The summed E-state index contributed by atoms with van der Waals surface area (Å²) < 4.78 is 23.1. The lowest BCUT2D eigenvalue weighted by Gasteiger charge is -2.36. The Bertz CT molecular complexity index is 2490. The van der Waals surface area contributed by atoms with Gasteiger partial charge in [-0.3, -0.25) is 24.3 Å². The molecule has 5 aromatic rings. The van der Waals surface area contributed by atoms with Crippen molar-refractivity contribution in [1.82, 2.24) is 40.1 Å². The standard InChI is InChI=1S/C45H52N8O5S/c1-26-14-32(26)43(54)49-36-18-39-48-37(24-59-39)30-16-33-35(19-45(3,4)25-57-23-31-8-7-11-53(50-31)44(36)55)41(52-12-13-58-38(17-30)42(33)52)34-15-28(20-46-40(34)27(2)56-6)9-10-29-21-47-51(5)22-29/h15-17,20-22,24,26-27,31-32,36,50H,7-8,11-14,18-19,23,25H2,1-6H3,(H,49,54)/t26-,27-,31-,32-,36-/m0/s1. The van der Waals surface area contributed by atoms with E-state index in [1.165, 1.54) is 16.9 Å². The highest BCUT2D eigenvalue weighted by molar-refractivity contribution is 7.10. The number of hydrogen-bond donors (Lipinski definition) is 2. The van der Waals surface area contributed by atoms with Gasteiger partial charge in [-0.25, -0.2) is 10.4 Å². The van der Waals surface area contributed by atoms with Crippen molar-refractivity contribution >= 4 is 34.1 Å². The van der Waals surface area contributed by atoms with Gasteiger partial charge in [0.15, 0.2) is 0 Å². The number of methoxy groups -OCH3 is 1. The molecule has 2 fully saturated rings. The summed E-state index contributed by atoms with van der Waals surface area (Å²) in [5, 5.41) is 13.0. The molecule has 0 unspecified atom stereocenters. The third kappa shape index (κ3) is 8.01. The van der Waals surface area contributed by atoms with Crippen LogP contribution in [0.5, 0.6) is 5.75 Å². The number of aromatic nitrogens is 5. The van der Waals surface area contributed by atoms with E-state index < -0.39 is 6.04 Å². The molecule has 59 heavy (non-hydrogen) atoms. The third-order valence-electron chi connectivity index (χ3n) is 12.1. The van der Waals surface area contributed by atoms with Crippen molar-refractivity contribution in [3.63, 3.8) is 0 Å². The number of thiazole rings is 1. The molecule has 5 atom stereocenters. The van der Waals surface area contributed by atoms with Gasteiger partial charge in [0, 0.05) is 78.9 Å². The molecular formula is C45H52N8O5S. The first kappa shape index (κ1) is 39.4. The van der Waals surface area contributed by atoms with Crippen LogP contribution in [-0.4, -0.2) is 86.7 Å². The van der Waals surface area contributed by atoms with E-state index in [1.54, 1.807) is 23.0 Å². The van der Waals surface area contributed by atoms with Gasteiger partial charge in [0.1, 0.15) is 18.4 Å². The molecule has 4 aliphatic rings. The zero-order valence-electron chi connectivity index (χ0n) is 34.6. The fraction of sp³-hybridized carbons (Fsp3) is 0.489. The van der Waals surface area contributed by atoms with E-state index in [-0.39, 0.29) is 35.3 Å². The molecule has 13 nitrogen and oxygen atoms in total. The highest BCUT2D eigenvalue weighted by atomic mass is 32.1. The van der Waals surface area contributed by atoms with Gasteiger partial charge in [-0.1, -0.05) is 32.6 Å². The summed E-state index contributed by atoms with van der Waals surface area (Å²) in [5.41, 5.74) is 11.6. The Balaban J connectivity index is 1.19. The summed E-state index contributed by atoms with van der Waals surface area (Å²) >= 11 is 1.51. The Morgan fingerprint density at radius 1 is 1.17 bits per heavy atom. The molecule has 1 saturated carbocycles. The van der Waals surface area contributed by atoms with E-state index in [2.05, 4.69) is 71.2 Å². The average Bonchev–Trinajstić information content (AvgIpc) is 3.48. The van der Waals surface area contributed by atoms with E-state index in [4.69, 9.17) is 24.2 Å². The molecule has 0 radical (unpaired) electrons. The van der Waals surface area contributed by atoms with E-state index in [0.717, 1.165) is 80.3 Å². The summed E-state index contributed by atoms with van der Waals surface area (Å²) in [5.74, 6) is 7.47. The number of benzene rings is 1. The Kier molecular flexibility index (Phi) is 10.6. The van der Waals surface area contributed by atoms with Crippen molar-refractivity contribution < 1.29 is 23.8 Å². The number of rotatable bonds is 5. The van der Waals surface area contributed by atoms with Gasteiger partial charge >= 0.3 is 0 Å². The minimum absolute atomic E-state index is 0.0396. The fourth-order valence-electron chi connectivity index (χ4n) is 8.75. The van der Waals surface area contributed by atoms with Crippen LogP contribution in [0.15, 0.2) is 42.2 Å². The number of ether oxygens (including phenoxy) is 3. The lowest BCUT2D eigenvalue weighted by molar-refractivity contribution is -0.142. The Hall–Kier alpha value is -5.07. The van der Waals surface area contributed by atoms with Gasteiger partial charge < -0.3 is 24.1 Å². The molecule has 2 amide bonds. The summed E-state index contributed by atoms with van der Waals surface area (Å²) in [6, 6.07) is 5.69. The van der Waals surface area contributed by atoms with Gasteiger partial charge in [-0.2, -0.15) is 5.10 Å². The molecule has 6 bridgehead atoms. The number of aryl methyl sites for hydroxylation is 1. The first-order valence-corrected chi connectivity index (χ1v) is 21.6. The van der Waals surface area contributed by atoms with Gasteiger partial charge in [0.05, 0.1) is 65.2 Å². The van der Waals surface area contributed by atoms with Crippen molar-refractivity contribution in [3.05, 3.63) is 69.6 Å². The number of amides is 2. The maximum Gasteiger partial charge on any atom is 0.259 e. The van der Waals surface area contributed by atoms with Crippen LogP contribution >= 0.6 is 11.3 Å². The van der Waals surface area contributed by atoms with Gasteiger partial charge in [-0.05, 0) is 67.7 Å². The maximum absolute atomic E-state index is 14.2. The zero-order chi connectivity index (χ0) is 41.0. The molecule has 1 aliphatic carbocycles. The van der Waals surface area contributed by atoms with E-state index in [1.807, 2.05) is 31.7 Å². The second-order valence-corrected chi connectivity index (χ2v) is 18.4. The molecule has 308 valence electrons. The second kappa shape index (κ2) is 15.8. The number of fused-ring (bicyclic) bond motifs is 6. The molecule has 1 aromatic carbocycles. The first-order chi connectivity index (χ1) is 28.4. The van der Waals surface area contributed by atoms with Crippen molar-refractivity contribution in [2.24, 2.45) is 24.3 Å². The van der Waals surface area contributed by atoms with Crippen LogP contribution in [0.1, 0.15) is 80.5 Å². The topological polar surface area (TPSA) is 138 Å². The number of carbonyl (C=O) groups excluding carboxylic acids is 2. The lowest BCUT2D eigenvalue weighted by Crippen LogP contribution is -2.59.